The minimum absolute atomic E-state index is 0.0570. The zero-order valence-electron chi connectivity index (χ0n) is 11.0. The zero-order valence-corrected chi connectivity index (χ0v) is 11.0. The summed E-state index contributed by atoms with van der Waals surface area (Å²) in [6.07, 6.45) is 0. The molecule has 1 unspecified atom stereocenters. The Bertz CT molecular complexity index is 365. The Kier molecular flexibility index (Phi) is 6.00. The monoisotopic (exact) mass is 252 g/mol. The van der Waals surface area contributed by atoms with E-state index in [1.54, 1.807) is 14.2 Å². The van der Waals surface area contributed by atoms with Gasteiger partial charge in [0.15, 0.2) is 0 Å². The number of urea groups is 1. The number of amides is 2. The van der Waals surface area contributed by atoms with Crippen LogP contribution in [0.15, 0.2) is 24.3 Å². The summed E-state index contributed by atoms with van der Waals surface area (Å²) < 4.78 is 9.93. The summed E-state index contributed by atoms with van der Waals surface area (Å²) in [6.45, 7) is 2.93. The topological polar surface area (TPSA) is 59.6 Å². The second-order valence-corrected chi connectivity index (χ2v) is 3.89. The molecule has 2 amide bonds. The maximum absolute atomic E-state index is 11.5. The fourth-order valence-corrected chi connectivity index (χ4v) is 1.49. The Morgan fingerprint density at radius 2 is 1.94 bits per heavy atom. The standard InChI is InChI=1S/C13H20N2O3/c1-10(15-13(16)14-8-9-17-2)11-4-6-12(18-3)7-5-11/h4-7,10H,8-9H2,1-3H3,(H2,14,15,16). The highest BCUT2D eigenvalue weighted by Crippen LogP contribution is 2.16. The molecule has 1 aromatic rings. The van der Waals surface area contributed by atoms with Gasteiger partial charge < -0.3 is 20.1 Å². The van der Waals surface area contributed by atoms with Gasteiger partial charge in [-0.15, -0.1) is 0 Å². The van der Waals surface area contributed by atoms with E-state index in [1.807, 2.05) is 31.2 Å². The minimum atomic E-state index is -0.199. The van der Waals surface area contributed by atoms with Gasteiger partial charge in [-0.25, -0.2) is 4.79 Å². The molecule has 0 saturated carbocycles. The summed E-state index contributed by atoms with van der Waals surface area (Å²) in [7, 11) is 3.22. The van der Waals surface area contributed by atoms with Gasteiger partial charge in [0.05, 0.1) is 19.8 Å². The summed E-state index contributed by atoms with van der Waals surface area (Å²) in [4.78, 5) is 11.5. The van der Waals surface area contributed by atoms with Crippen molar-refractivity contribution >= 4 is 6.03 Å². The Hall–Kier alpha value is -1.75. The lowest BCUT2D eigenvalue weighted by Gasteiger charge is -2.15. The number of methoxy groups -OCH3 is 2. The van der Waals surface area contributed by atoms with E-state index >= 15 is 0 Å². The molecule has 100 valence electrons. The molecule has 1 rings (SSSR count). The molecule has 0 aliphatic rings. The van der Waals surface area contributed by atoms with E-state index in [0.717, 1.165) is 11.3 Å². The summed E-state index contributed by atoms with van der Waals surface area (Å²) in [6, 6.07) is 7.35. The van der Waals surface area contributed by atoms with Crippen LogP contribution in [0.1, 0.15) is 18.5 Å². The average molecular weight is 252 g/mol. The molecule has 2 N–H and O–H groups in total. The van der Waals surface area contributed by atoms with Crippen LogP contribution in [-0.2, 0) is 4.74 Å². The van der Waals surface area contributed by atoms with E-state index in [1.165, 1.54) is 0 Å². The number of nitrogens with one attached hydrogen (secondary N) is 2. The number of hydrogen-bond donors (Lipinski definition) is 2. The van der Waals surface area contributed by atoms with Crippen molar-refractivity contribution in [1.29, 1.82) is 0 Å². The van der Waals surface area contributed by atoms with Gasteiger partial charge in [0.2, 0.25) is 0 Å². The molecule has 0 aliphatic heterocycles. The molecule has 0 radical (unpaired) electrons. The van der Waals surface area contributed by atoms with Crippen LogP contribution in [0.5, 0.6) is 5.75 Å². The van der Waals surface area contributed by atoms with Crippen LogP contribution in [0.2, 0.25) is 0 Å². The highest BCUT2D eigenvalue weighted by atomic mass is 16.5. The first kappa shape index (κ1) is 14.3. The van der Waals surface area contributed by atoms with Crippen LogP contribution in [0, 0.1) is 0 Å². The van der Waals surface area contributed by atoms with E-state index in [9.17, 15) is 4.79 Å². The lowest BCUT2D eigenvalue weighted by molar-refractivity contribution is 0.195. The average Bonchev–Trinajstić information content (AvgIpc) is 2.39. The number of ether oxygens (including phenoxy) is 2. The third-order valence-corrected chi connectivity index (χ3v) is 2.56. The van der Waals surface area contributed by atoms with E-state index in [2.05, 4.69) is 10.6 Å². The van der Waals surface area contributed by atoms with Gasteiger partial charge in [0, 0.05) is 13.7 Å². The molecule has 0 fully saturated rings. The zero-order chi connectivity index (χ0) is 13.4. The van der Waals surface area contributed by atoms with Gasteiger partial charge in [-0.3, -0.25) is 0 Å². The fraction of sp³-hybridized carbons (Fsp3) is 0.462. The normalized spacial score (nSPS) is 11.7. The largest absolute Gasteiger partial charge is 0.497 e. The van der Waals surface area contributed by atoms with Crippen LogP contribution in [0.25, 0.3) is 0 Å². The van der Waals surface area contributed by atoms with E-state index in [-0.39, 0.29) is 12.1 Å². The first-order chi connectivity index (χ1) is 8.67. The van der Waals surface area contributed by atoms with Crippen LogP contribution in [0.4, 0.5) is 4.79 Å². The third kappa shape index (κ3) is 4.63. The molecule has 5 heteroatoms. The highest BCUT2D eigenvalue weighted by Gasteiger charge is 2.08. The van der Waals surface area contributed by atoms with Crippen LogP contribution in [-0.4, -0.2) is 33.4 Å². The Labute approximate surface area is 107 Å². The summed E-state index contributed by atoms with van der Waals surface area (Å²) in [5.41, 5.74) is 1.03. The molecule has 0 heterocycles. The fourth-order valence-electron chi connectivity index (χ4n) is 1.49. The Balaban J connectivity index is 2.43. The first-order valence-corrected chi connectivity index (χ1v) is 5.84. The summed E-state index contributed by atoms with van der Waals surface area (Å²) in [5.74, 6) is 0.801. The molecule has 0 aliphatic carbocycles. The Morgan fingerprint density at radius 1 is 1.28 bits per heavy atom. The quantitative estimate of drug-likeness (QED) is 0.758. The van der Waals surface area contributed by atoms with Crippen LogP contribution in [0.3, 0.4) is 0 Å². The lowest BCUT2D eigenvalue weighted by atomic mass is 10.1. The van der Waals surface area contributed by atoms with Crippen LogP contribution >= 0.6 is 0 Å². The second kappa shape index (κ2) is 7.55. The van der Waals surface area contributed by atoms with Crippen molar-refractivity contribution in [3.63, 3.8) is 0 Å². The van der Waals surface area contributed by atoms with Crippen molar-refractivity contribution in [2.45, 2.75) is 13.0 Å². The molecule has 18 heavy (non-hydrogen) atoms. The molecular formula is C13H20N2O3. The maximum atomic E-state index is 11.5. The third-order valence-electron chi connectivity index (χ3n) is 2.56. The number of rotatable bonds is 6. The van der Waals surface area contributed by atoms with Gasteiger partial charge in [-0.2, -0.15) is 0 Å². The minimum Gasteiger partial charge on any atom is -0.497 e. The van der Waals surface area contributed by atoms with Crippen molar-refractivity contribution in [3.05, 3.63) is 29.8 Å². The molecule has 0 saturated heterocycles. The van der Waals surface area contributed by atoms with Crippen molar-refractivity contribution in [3.8, 4) is 5.75 Å². The molecule has 1 atom stereocenters. The number of hydrogen-bond acceptors (Lipinski definition) is 3. The molecule has 5 nitrogen and oxygen atoms in total. The number of benzene rings is 1. The van der Waals surface area contributed by atoms with Gasteiger partial charge >= 0.3 is 6.03 Å². The van der Waals surface area contributed by atoms with Gasteiger partial charge in [-0.1, -0.05) is 12.1 Å². The summed E-state index contributed by atoms with van der Waals surface area (Å²) in [5, 5.41) is 5.55. The summed E-state index contributed by atoms with van der Waals surface area (Å²) >= 11 is 0. The van der Waals surface area contributed by atoms with E-state index in [0.29, 0.717) is 13.2 Å². The highest BCUT2D eigenvalue weighted by molar-refractivity contribution is 5.74. The van der Waals surface area contributed by atoms with Gasteiger partial charge in [-0.05, 0) is 24.6 Å². The molecule has 0 bridgehead atoms. The van der Waals surface area contributed by atoms with Gasteiger partial charge in [0.1, 0.15) is 5.75 Å². The van der Waals surface area contributed by atoms with Gasteiger partial charge in [0.25, 0.3) is 0 Å². The molecule has 0 spiro atoms. The predicted octanol–water partition coefficient (Wildman–Crippen LogP) is 1.70. The predicted molar refractivity (Wildman–Crippen MR) is 69.8 cm³/mol. The molecular weight excluding hydrogens is 232 g/mol. The second-order valence-electron chi connectivity index (χ2n) is 3.89. The maximum Gasteiger partial charge on any atom is 0.315 e. The lowest BCUT2D eigenvalue weighted by Crippen LogP contribution is -2.38. The smallest absolute Gasteiger partial charge is 0.315 e. The van der Waals surface area contributed by atoms with Crippen LogP contribution < -0.4 is 15.4 Å². The Morgan fingerprint density at radius 3 is 2.50 bits per heavy atom. The van der Waals surface area contributed by atoms with Crippen molar-refractivity contribution in [1.82, 2.24) is 10.6 Å². The van der Waals surface area contributed by atoms with Crippen molar-refractivity contribution in [2.75, 3.05) is 27.4 Å². The SMILES string of the molecule is COCCNC(=O)NC(C)c1ccc(OC)cc1. The van der Waals surface area contributed by atoms with E-state index in [4.69, 9.17) is 9.47 Å². The number of carbonyl (C=O) groups is 1. The molecule has 1 aromatic carbocycles. The molecule has 0 aromatic heterocycles. The first-order valence-electron chi connectivity index (χ1n) is 5.84. The number of carbonyl (C=O) groups excluding carboxylic acids is 1. The van der Waals surface area contributed by atoms with E-state index < -0.39 is 0 Å². The van der Waals surface area contributed by atoms with Crippen molar-refractivity contribution < 1.29 is 14.3 Å². The van der Waals surface area contributed by atoms with Crippen molar-refractivity contribution in [2.24, 2.45) is 0 Å².